The summed E-state index contributed by atoms with van der Waals surface area (Å²) in [6, 6.07) is 19.7. The Morgan fingerprint density at radius 2 is 1.67 bits per heavy atom. The summed E-state index contributed by atoms with van der Waals surface area (Å²) in [5, 5.41) is 3.29. The van der Waals surface area contributed by atoms with Crippen LogP contribution in [-0.4, -0.2) is 40.8 Å². The van der Waals surface area contributed by atoms with E-state index in [9.17, 15) is 9.59 Å². The van der Waals surface area contributed by atoms with Crippen molar-refractivity contribution < 1.29 is 19.1 Å². The number of nitrogens with zero attached hydrogens (tertiary/aromatic N) is 2. The summed E-state index contributed by atoms with van der Waals surface area (Å²) in [5.74, 6) is 1.73. The predicted molar refractivity (Wildman–Crippen MR) is 125 cm³/mol. The summed E-state index contributed by atoms with van der Waals surface area (Å²) in [7, 11) is 0. The Kier molecular flexibility index (Phi) is 6.54. The second-order valence-corrected chi connectivity index (χ2v) is 7.52. The molecule has 33 heavy (non-hydrogen) atoms. The molecule has 3 N–H and O–H groups in total. The lowest BCUT2D eigenvalue weighted by atomic mass is 10.2. The molecule has 2 heterocycles. The second-order valence-electron chi connectivity index (χ2n) is 7.52. The number of amides is 2. The van der Waals surface area contributed by atoms with Crippen molar-refractivity contribution in [1.29, 1.82) is 0 Å². The zero-order valence-corrected chi connectivity index (χ0v) is 17.9. The van der Waals surface area contributed by atoms with Crippen LogP contribution in [0.15, 0.2) is 79.4 Å². The largest absolute Gasteiger partial charge is 0.457 e. The van der Waals surface area contributed by atoms with Crippen LogP contribution in [0.25, 0.3) is 0 Å². The lowest BCUT2D eigenvalue weighted by Gasteiger charge is -2.17. The van der Waals surface area contributed by atoms with Gasteiger partial charge in [-0.1, -0.05) is 24.8 Å². The van der Waals surface area contributed by atoms with E-state index in [1.54, 1.807) is 41.3 Å². The lowest BCUT2D eigenvalue weighted by Crippen LogP contribution is -2.30. The molecular formula is C25H24N4O4. The van der Waals surface area contributed by atoms with E-state index in [-0.39, 0.29) is 23.4 Å². The quantitative estimate of drug-likeness (QED) is 0.509. The normalized spacial score (nSPS) is 15.0. The molecule has 1 saturated heterocycles. The van der Waals surface area contributed by atoms with E-state index in [0.29, 0.717) is 30.4 Å². The van der Waals surface area contributed by atoms with Gasteiger partial charge in [-0.3, -0.25) is 9.59 Å². The molecule has 1 fully saturated rings. The standard InChI is InChI=1S/C25H24N4O4/c1-2-23(30)29-15-14-17(16-29)27-22-13-12-21(24(26)31)25(28-22)33-20-10-8-19(9-11-20)32-18-6-4-3-5-7-18/h2-13,17H,1,14-16H2,(H2,26,31)(H,27,28)/t17-/m1/s1. The number of anilines is 1. The van der Waals surface area contributed by atoms with Crippen molar-refractivity contribution in [3.63, 3.8) is 0 Å². The van der Waals surface area contributed by atoms with Gasteiger partial charge in [0.1, 0.15) is 28.6 Å². The van der Waals surface area contributed by atoms with Gasteiger partial charge in [0.2, 0.25) is 11.8 Å². The summed E-state index contributed by atoms with van der Waals surface area (Å²) in [4.78, 5) is 29.8. The van der Waals surface area contributed by atoms with Crippen LogP contribution in [-0.2, 0) is 4.79 Å². The van der Waals surface area contributed by atoms with E-state index >= 15 is 0 Å². The highest BCUT2D eigenvalue weighted by molar-refractivity contribution is 5.95. The fourth-order valence-corrected chi connectivity index (χ4v) is 3.51. The smallest absolute Gasteiger partial charge is 0.254 e. The molecule has 1 aromatic heterocycles. The van der Waals surface area contributed by atoms with Crippen LogP contribution in [0.3, 0.4) is 0 Å². The molecule has 1 aliphatic rings. The molecule has 1 aliphatic heterocycles. The molecule has 8 nitrogen and oxygen atoms in total. The first kappa shape index (κ1) is 21.9. The number of nitrogens with one attached hydrogen (secondary N) is 1. The predicted octanol–water partition coefficient (Wildman–Crippen LogP) is 3.96. The number of rotatable bonds is 8. The molecule has 0 aliphatic carbocycles. The average molecular weight is 444 g/mol. The molecule has 8 heteroatoms. The summed E-state index contributed by atoms with van der Waals surface area (Å²) in [6.07, 6.45) is 2.09. The van der Waals surface area contributed by atoms with Crippen LogP contribution in [0, 0.1) is 0 Å². The van der Waals surface area contributed by atoms with Crippen LogP contribution >= 0.6 is 0 Å². The first-order valence-corrected chi connectivity index (χ1v) is 10.5. The first-order chi connectivity index (χ1) is 16.0. The first-order valence-electron chi connectivity index (χ1n) is 10.5. The molecule has 2 aromatic carbocycles. The van der Waals surface area contributed by atoms with Gasteiger partial charge >= 0.3 is 0 Å². The van der Waals surface area contributed by atoms with Gasteiger partial charge in [-0.15, -0.1) is 0 Å². The molecule has 2 amide bonds. The van der Waals surface area contributed by atoms with Gasteiger partial charge in [0.15, 0.2) is 0 Å². The molecule has 0 unspecified atom stereocenters. The van der Waals surface area contributed by atoms with Crippen molar-refractivity contribution in [1.82, 2.24) is 9.88 Å². The van der Waals surface area contributed by atoms with Gasteiger partial charge in [-0.05, 0) is 61.0 Å². The van der Waals surface area contributed by atoms with Crippen molar-refractivity contribution in [2.75, 3.05) is 18.4 Å². The number of nitrogens with two attached hydrogens (primary N) is 1. The fourth-order valence-electron chi connectivity index (χ4n) is 3.51. The highest BCUT2D eigenvalue weighted by Gasteiger charge is 2.25. The van der Waals surface area contributed by atoms with E-state index in [2.05, 4.69) is 16.9 Å². The Bertz CT molecular complexity index is 1150. The number of benzene rings is 2. The van der Waals surface area contributed by atoms with Crippen LogP contribution in [0.1, 0.15) is 16.8 Å². The minimum Gasteiger partial charge on any atom is -0.457 e. The Morgan fingerprint density at radius 3 is 2.33 bits per heavy atom. The third-order valence-electron chi connectivity index (χ3n) is 5.17. The van der Waals surface area contributed by atoms with Crippen LogP contribution < -0.4 is 20.5 Å². The Labute approximate surface area is 191 Å². The highest BCUT2D eigenvalue weighted by Crippen LogP contribution is 2.29. The second kappa shape index (κ2) is 9.86. The molecule has 1 atom stereocenters. The SMILES string of the molecule is C=CC(=O)N1CC[C@@H](Nc2ccc(C(N)=O)c(Oc3ccc(Oc4ccccc4)cc3)n2)C1. The third-order valence-corrected chi connectivity index (χ3v) is 5.17. The highest BCUT2D eigenvalue weighted by atomic mass is 16.5. The van der Waals surface area contributed by atoms with E-state index in [4.69, 9.17) is 15.2 Å². The number of hydrogen-bond donors (Lipinski definition) is 2. The van der Waals surface area contributed by atoms with Gasteiger partial charge in [0.05, 0.1) is 0 Å². The van der Waals surface area contributed by atoms with Gasteiger partial charge in [-0.2, -0.15) is 4.98 Å². The van der Waals surface area contributed by atoms with Crippen molar-refractivity contribution >= 4 is 17.6 Å². The third kappa shape index (κ3) is 5.48. The molecule has 0 bridgehead atoms. The molecular weight excluding hydrogens is 420 g/mol. The fraction of sp³-hybridized carbons (Fsp3) is 0.160. The Balaban J connectivity index is 1.46. The van der Waals surface area contributed by atoms with Crippen molar-refractivity contribution in [3.05, 3.63) is 84.9 Å². The van der Waals surface area contributed by atoms with E-state index in [0.717, 1.165) is 12.2 Å². The van der Waals surface area contributed by atoms with E-state index < -0.39 is 5.91 Å². The van der Waals surface area contributed by atoms with Gasteiger partial charge in [-0.25, -0.2) is 0 Å². The van der Waals surface area contributed by atoms with Crippen LogP contribution in [0.4, 0.5) is 5.82 Å². The molecule has 0 radical (unpaired) electrons. The number of likely N-dealkylation sites (tertiary alicyclic amines) is 1. The number of carbonyl (C=O) groups excluding carboxylic acids is 2. The number of ether oxygens (including phenoxy) is 2. The number of pyridine rings is 1. The maximum atomic E-state index is 11.9. The summed E-state index contributed by atoms with van der Waals surface area (Å²) >= 11 is 0. The minimum atomic E-state index is -0.642. The Hall–Kier alpha value is -4.33. The zero-order valence-electron chi connectivity index (χ0n) is 17.9. The van der Waals surface area contributed by atoms with Crippen molar-refractivity contribution in [2.45, 2.75) is 12.5 Å². The average Bonchev–Trinajstić information content (AvgIpc) is 3.29. The Morgan fingerprint density at radius 1 is 1.00 bits per heavy atom. The number of aromatic nitrogens is 1. The monoisotopic (exact) mass is 444 g/mol. The summed E-state index contributed by atoms with van der Waals surface area (Å²) in [6.45, 7) is 4.71. The summed E-state index contributed by atoms with van der Waals surface area (Å²) in [5.41, 5.74) is 5.67. The zero-order chi connectivity index (χ0) is 23.2. The lowest BCUT2D eigenvalue weighted by molar-refractivity contribution is -0.125. The van der Waals surface area contributed by atoms with Gasteiger partial charge in [0, 0.05) is 19.1 Å². The van der Waals surface area contributed by atoms with Crippen molar-refractivity contribution in [3.8, 4) is 23.1 Å². The van der Waals surface area contributed by atoms with Crippen LogP contribution in [0.5, 0.6) is 23.1 Å². The number of primary amides is 1. The van der Waals surface area contributed by atoms with E-state index in [1.807, 2.05) is 30.3 Å². The van der Waals surface area contributed by atoms with Crippen molar-refractivity contribution in [2.24, 2.45) is 5.73 Å². The number of hydrogen-bond acceptors (Lipinski definition) is 6. The van der Waals surface area contributed by atoms with E-state index in [1.165, 1.54) is 6.08 Å². The van der Waals surface area contributed by atoms with Gasteiger partial charge < -0.3 is 25.4 Å². The maximum absolute atomic E-state index is 11.9. The molecule has 4 rings (SSSR count). The van der Waals surface area contributed by atoms with Gasteiger partial charge in [0.25, 0.3) is 5.91 Å². The molecule has 168 valence electrons. The molecule has 3 aromatic rings. The number of carbonyl (C=O) groups is 2. The minimum absolute atomic E-state index is 0.0306. The molecule has 0 saturated carbocycles. The van der Waals surface area contributed by atoms with Crippen LogP contribution in [0.2, 0.25) is 0 Å². The maximum Gasteiger partial charge on any atom is 0.254 e. The topological polar surface area (TPSA) is 107 Å². The number of para-hydroxylation sites is 1. The molecule has 0 spiro atoms. The summed E-state index contributed by atoms with van der Waals surface area (Å²) < 4.78 is 11.7.